The van der Waals surface area contributed by atoms with Crippen LogP contribution in [0.25, 0.3) is 0 Å². The molecule has 0 unspecified atom stereocenters. The first-order chi connectivity index (χ1) is 8.97. The molecule has 20 heavy (non-hydrogen) atoms. The van der Waals surface area contributed by atoms with E-state index in [1.54, 1.807) is 41.5 Å². The molecule has 2 atom stereocenters. The van der Waals surface area contributed by atoms with Crippen LogP contribution < -0.4 is 0 Å². The maximum absolute atomic E-state index is 11.8. The van der Waals surface area contributed by atoms with E-state index in [1.165, 1.54) is 0 Å². The van der Waals surface area contributed by atoms with Gasteiger partial charge in [0.25, 0.3) is 0 Å². The summed E-state index contributed by atoms with van der Waals surface area (Å²) >= 11 is 0. The Balaban J connectivity index is 3.02. The van der Waals surface area contributed by atoms with Crippen molar-refractivity contribution in [2.75, 3.05) is 0 Å². The van der Waals surface area contributed by atoms with Crippen LogP contribution in [-0.2, 0) is 19.0 Å². The van der Waals surface area contributed by atoms with Crippen LogP contribution in [0.15, 0.2) is 16.6 Å². The highest BCUT2D eigenvalue weighted by Crippen LogP contribution is 2.32. The molecule has 0 spiro atoms. The molecule has 1 heterocycles. The highest BCUT2D eigenvalue weighted by molar-refractivity contribution is 5.89. The van der Waals surface area contributed by atoms with Gasteiger partial charge in [-0.1, -0.05) is 0 Å². The molecular formula is C13H21NO6. The molecule has 7 nitrogen and oxygen atoms in total. The molecule has 0 radical (unpaired) electrons. The number of nitrogens with zero attached hydrogens (tertiary/aromatic N) is 1. The van der Waals surface area contributed by atoms with E-state index in [1.807, 2.05) is 0 Å². The second-order valence-corrected chi connectivity index (χ2v) is 6.09. The molecule has 7 heteroatoms. The summed E-state index contributed by atoms with van der Waals surface area (Å²) in [6, 6.07) is 0. The zero-order valence-corrected chi connectivity index (χ0v) is 12.6. The minimum Gasteiger partial charge on any atom is -0.507 e. The highest BCUT2D eigenvalue weighted by atomic mass is 16.8. The third-order valence-electron chi connectivity index (χ3n) is 2.50. The molecule has 1 aliphatic rings. The van der Waals surface area contributed by atoms with Gasteiger partial charge >= 0.3 is 5.97 Å². The van der Waals surface area contributed by atoms with Gasteiger partial charge in [-0.15, -0.1) is 4.91 Å². The smallest absolute Gasteiger partial charge is 0.364 e. The van der Waals surface area contributed by atoms with Crippen LogP contribution in [0.4, 0.5) is 0 Å². The molecule has 1 saturated heterocycles. The normalized spacial score (nSPS) is 26.9. The molecular weight excluding hydrogens is 266 g/mol. The summed E-state index contributed by atoms with van der Waals surface area (Å²) in [6.07, 6.45) is -1.46. The Bertz CT molecular complexity index is 435. The van der Waals surface area contributed by atoms with Crippen molar-refractivity contribution in [2.24, 2.45) is 5.18 Å². The first kappa shape index (κ1) is 16.6. The van der Waals surface area contributed by atoms with Crippen LogP contribution in [-0.4, -0.2) is 34.7 Å². The third-order valence-corrected chi connectivity index (χ3v) is 2.50. The monoisotopic (exact) mass is 287 g/mol. The van der Waals surface area contributed by atoms with Crippen LogP contribution in [0.5, 0.6) is 0 Å². The zero-order chi connectivity index (χ0) is 15.7. The van der Waals surface area contributed by atoms with Crippen molar-refractivity contribution in [3.63, 3.8) is 0 Å². The van der Waals surface area contributed by atoms with Gasteiger partial charge in [-0.05, 0) is 46.7 Å². The third kappa shape index (κ3) is 4.01. The molecule has 0 aromatic heterocycles. The predicted molar refractivity (Wildman–Crippen MR) is 70.8 cm³/mol. The average molecular weight is 287 g/mol. The molecule has 0 amide bonds. The summed E-state index contributed by atoms with van der Waals surface area (Å²) in [4.78, 5) is 22.7. The summed E-state index contributed by atoms with van der Waals surface area (Å²) in [5, 5.41) is 12.6. The van der Waals surface area contributed by atoms with E-state index in [9.17, 15) is 14.8 Å². The van der Waals surface area contributed by atoms with Crippen molar-refractivity contribution in [3.05, 3.63) is 16.4 Å². The molecule has 1 aliphatic heterocycles. The van der Waals surface area contributed by atoms with Gasteiger partial charge in [0, 0.05) is 0 Å². The van der Waals surface area contributed by atoms with Gasteiger partial charge in [0.1, 0.15) is 11.7 Å². The predicted octanol–water partition coefficient (Wildman–Crippen LogP) is 2.40. The molecule has 1 fully saturated rings. The van der Waals surface area contributed by atoms with Crippen LogP contribution in [0.2, 0.25) is 0 Å². The Morgan fingerprint density at radius 1 is 1.30 bits per heavy atom. The first-order valence-electron chi connectivity index (χ1n) is 6.32. The Hall–Kier alpha value is -1.47. The number of aliphatic hydroxyl groups excluding tert-OH is 1. The Labute approximate surface area is 117 Å². The molecule has 1 N–H and O–H groups in total. The second kappa shape index (κ2) is 5.49. The summed E-state index contributed by atoms with van der Waals surface area (Å²) in [5.74, 6) is -2.49. The maximum atomic E-state index is 11.8. The molecule has 0 bridgehead atoms. The number of ether oxygens (including phenoxy) is 3. The lowest BCUT2D eigenvalue weighted by Crippen LogP contribution is -2.29. The Morgan fingerprint density at radius 3 is 2.20 bits per heavy atom. The van der Waals surface area contributed by atoms with Crippen LogP contribution in [0.1, 0.15) is 41.5 Å². The maximum Gasteiger partial charge on any atom is 0.364 e. The van der Waals surface area contributed by atoms with Crippen molar-refractivity contribution in [3.8, 4) is 0 Å². The van der Waals surface area contributed by atoms with Gasteiger partial charge in [0.05, 0.1) is 6.10 Å². The molecule has 0 aromatic carbocycles. The lowest BCUT2D eigenvalue weighted by molar-refractivity contribution is -0.151. The number of carbonyl (C=O) groups is 1. The second-order valence-electron chi connectivity index (χ2n) is 6.09. The lowest BCUT2D eigenvalue weighted by atomic mass is 10.1. The van der Waals surface area contributed by atoms with Gasteiger partial charge in [0.2, 0.25) is 5.70 Å². The summed E-state index contributed by atoms with van der Waals surface area (Å²) < 4.78 is 15.9. The van der Waals surface area contributed by atoms with E-state index in [-0.39, 0.29) is 0 Å². The van der Waals surface area contributed by atoms with E-state index < -0.39 is 41.0 Å². The first-order valence-corrected chi connectivity index (χ1v) is 6.32. The van der Waals surface area contributed by atoms with E-state index >= 15 is 0 Å². The highest BCUT2D eigenvalue weighted by Gasteiger charge is 2.43. The van der Waals surface area contributed by atoms with E-state index in [0.717, 1.165) is 0 Å². The standard InChI is InChI=1S/C13H21NO6/c1-7-10(19-13(5,6)18-7)9(15)8(14-17)11(16)20-12(2,3)4/h7,10,15H,1-6H3/b9-8+/t7-,10-/m0/s1. The number of hydrogen-bond acceptors (Lipinski definition) is 7. The van der Waals surface area contributed by atoms with Gasteiger partial charge in [-0.2, -0.15) is 0 Å². The van der Waals surface area contributed by atoms with E-state index in [0.29, 0.717) is 0 Å². The van der Waals surface area contributed by atoms with Crippen LogP contribution in [0, 0.1) is 4.91 Å². The fraction of sp³-hybridized carbons (Fsp3) is 0.769. The zero-order valence-electron chi connectivity index (χ0n) is 12.6. The lowest BCUT2D eigenvalue weighted by Gasteiger charge is -2.20. The van der Waals surface area contributed by atoms with E-state index in [2.05, 4.69) is 5.18 Å². The fourth-order valence-electron chi connectivity index (χ4n) is 1.87. The van der Waals surface area contributed by atoms with Gasteiger partial charge in [-0.3, -0.25) is 0 Å². The number of nitroso groups, excluding NO2 is 1. The molecule has 1 rings (SSSR count). The Kier molecular flexibility index (Phi) is 4.55. The Morgan fingerprint density at radius 2 is 1.85 bits per heavy atom. The van der Waals surface area contributed by atoms with Crippen LogP contribution in [0.3, 0.4) is 0 Å². The molecule has 114 valence electrons. The number of hydrogen-bond donors (Lipinski definition) is 1. The van der Waals surface area contributed by atoms with Crippen molar-refractivity contribution in [1.29, 1.82) is 0 Å². The number of carbonyl (C=O) groups excluding carboxylic acids is 1. The molecule has 0 aliphatic carbocycles. The van der Waals surface area contributed by atoms with Crippen molar-refractivity contribution < 1.29 is 24.1 Å². The largest absolute Gasteiger partial charge is 0.507 e. The molecule has 0 saturated carbocycles. The average Bonchev–Trinajstić information content (AvgIpc) is 2.50. The van der Waals surface area contributed by atoms with Gasteiger partial charge in [0.15, 0.2) is 11.5 Å². The summed E-state index contributed by atoms with van der Waals surface area (Å²) in [5.41, 5.74) is -1.50. The van der Waals surface area contributed by atoms with Crippen molar-refractivity contribution in [2.45, 2.75) is 65.1 Å². The van der Waals surface area contributed by atoms with Crippen molar-refractivity contribution in [1.82, 2.24) is 0 Å². The van der Waals surface area contributed by atoms with E-state index in [4.69, 9.17) is 14.2 Å². The number of esters is 1. The minimum absolute atomic E-state index is 0.524. The number of rotatable bonds is 3. The summed E-state index contributed by atoms with van der Waals surface area (Å²) in [6.45, 7) is 9.92. The minimum atomic E-state index is -0.995. The number of aliphatic hydroxyl groups is 1. The van der Waals surface area contributed by atoms with Gasteiger partial charge in [-0.25, -0.2) is 4.79 Å². The van der Waals surface area contributed by atoms with Gasteiger partial charge < -0.3 is 19.3 Å². The summed E-state index contributed by atoms with van der Waals surface area (Å²) in [7, 11) is 0. The van der Waals surface area contributed by atoms with Crippen molar-refractivity contribution >= 4 is 5.97 Å². The SMILES string of the molecule is C[C@@H]1OC(C)(C)O[C@@H]1/C(O)=C(\N=O)C(=O)OC(C)(C)C. The topological polar surface area (TPSA) is 94.4 Å². The van der Waals surface area contributed by atoms with Crippen LogP contribution >= 0.6 is 0 Å². The fourth-order valence-corrected chi connectivity index (χ4v) is 1.87. The quantitative estimate of drug-likeness (QED) is 0.371. The molecule has 0 aromatic rings.